The maximum Gasteiger partial charge on any atom is 0.340 e. The summed E-state index contributed by atoms with van der Waals surface area (Å²) < 4.78 is 18.1. The molecule has 0 fully saturated rings. The van der Waals surface area contributed by atoms with Gasteiger partial charge in [0.25, 0.3) is 5.91 Å². The van der Waals surface area contributed by atoms with Crippen LogP contribution in [0.15, 0.2) is 48.8 Å². The summed E-state index contributed by atoms with van der Waals surface area (Å²) in [6.07, 6.45) is 2.85. The molecule has 0 saturated carbocycles. The minimum atomic E-state index is -0.665. The fourth-order valence-corrected chi connectivity index (χ4v) is 1.45. The number of nitrogens with one attached hydrogen (secondary N) is 1. The molecule has 2 aromatic rings. The van der Waals surface area contributed by atoms with Gasteiger partial charge in [0.15, 0.2) is 6.61 Å². The number of esters is 1. The molecule has 0 radical (unpaired) electrons. The number of nitrogens with zero attached hydrogens (tertiary/aromatic N) is 1. The second-order valence-corrected chi connectivity index (χ2v) is 3.85. The molecular weight excluding hydrogens is 263 g/mol. The number of hydrogen-bond donors (Lipinski definition) is 1. The van der Waals surface area contributed by atoms with Gasteiger partial charge in [-0.3, -0.25) is 9.78 Å². The van der Waals surface area contributed by atoms with E-state index in [1.54, 1.807) is 12.1 Å². The van der Waals surface area contributed by atoms with Gasteiger partial charge in [-0.2, -0.15) is 0 Å². The number of hydrogen-bond acceptors (Lipinski definition) is 4. The molecule has 0 unspecified atom stereocenters. The summed E-state index contributed by atoms with van der Waals surface area (Å²) in [4.78, 5) is 26.8. The predicted molar refractivity (Wildman–Crippen MR) is 69.5 cm³/mol. The van der Waals surface area contributed by atoms with Crippen LogP contribution in [-0.2, 0) is 9.53 Å². The van der Waals surface area contributed by atoms with Crippen molar-refractivity contribution >= 4 is 17.6 Å². The molecule has 0 aliphatic heterocycles. The average molecular weight is 274 g/mol. The summed E-state index contributed by atoms with van der Waals surface area (Å²) in [6.45, 7) is -0.498. The monoisotopic (exact) mass is 274 g/mol. The van der Waals surface area contributed by atoms with Crippen LogP contribution >= 0.6 is 0 Å². The lowest BCUT2D eigenvalue weighted by Gasteiger charge is -2.07. The highest BCUT2D eigenvalue weighted by atomic mass is 19.1. The Labute approximate surface area is 114 Å². The minimum absolute atomic E-state index is 0.0370. The fraction of sp³-hybridized carbons (Fsp3) is 0.0714. The van der Waals surface area contributed by atoms with Crippen LogP contribution in [0.25, 0.3) is 0 Å². The van der Waals surface area contributed by atoms with Gasteiger partial charge < -0.3 is 10.1 Å². The molecule has 2 rings (SSSR count). The molecule has 0 aliphatic carbocycles. The van der Waals surface area contributed by atoms with Gasteiger partial charge in [0.05, 0.1) is 11.3 Å². The Hall–Kier alpha value is -2.76. The summed E-state index contributed by atoms with van der Waals surface area (Å²) in [6, 6.07) is 8.82. The SMILES string of the molecule is O=C(COC(=O)c1cccnc1)Nc1ccccc1F. The van der Waals surface area contributed by atoms with Crippen LogP contribution in [0.2, 0.25) is 0 Å². The summed E-state index contributed by atoms with van der Waals surface area (Å²) in [5.41, 5.74) is 0.279. The first kappa shape index (κ1) is 13.7. The van der Waals surface area contributed by atoms with E-state index in [1.165, 1.54) is 36.7 Å². The van der Waals surface area contributed by atoms with E-state index in [1.807, 2.05) is 0 Å². The molecule has 0 atom stereocenters. The Morgan fingerprint density at radius 1 is 1.20 bits per heavy atom. The van der Waals surface area contributed by atoms with Crippen LogP contribution in [0, 0.1) is 5.82 Å². The smallest absolute Gasteiger partial charge is 0.340 e. The van der Waals surface area contributed by atoms with Crippen molar-refractivity contribution in [1.29, 1.82) is 0 Å². The molecule has 1 aromatic heterocycles. The minimum Gasteiger partial charge on any atom is -0.452 e. The molecule has 0 spiro atoms. The van der Waals surface area contributed by atoms with Crippen LogP contribution in [0.5, 0.6) is 0 Å². The Balaban J connectivity index is 1.87. The molecule has 1 aromatic carbocycles. The molecule has 0 bridgehead atoms. The van der Waals surface area contributed by atoms with Crippen molar-refractivity contribution in [2.24, 2.45) is 0 Å². The molecular formula is C14H11FN2O3. The molecule has 0 aliphatic rings. The van der Waals surface area contributed by atoms with Gasteiger partial charge in [0.2, 0.25) is 0 Å². The van der Waals surface area contributed by atoms with Crippen LogP contribution in [0.1, 0.15) is 10.4 Å². The van der Waals surface area contributed by atoms with Gasteiger partial charge in [0.1, 0.15) is 5.82 Å². The summed E-state index contributed by atoms with van der Waals surface area (Å²) in [7, 11) is 0. The maximum atomic E-state index is 13.3. The van der Waals surface area contributed by atoms with Crippen LogP contribution < -0.4 is 5.32 Å². The number of amides is 1. The first-order valence-corrected chi connectivity index (χ1v) is 5.78. The van der Waals surface area contributed by atoms with Gasteiger partial charge in [-0.25, -0.2) is 9.18 Å². The largest absolute Gasteiger partial charge is 0.452 e. The molecule has 1 heterocycles. The number of anilines is 1. The third-order valence-corrected chi connectivity index (χ3v) is 2.38. The highest BCUT2D eigenvalue weighted by molar-refractivity contribution is 5.95. The number of rotatable bonds is 4. The molecule has 20 heavy (non-hydrogen) atoms. The van der Waals surface area contributed by atoms with Gasteiger partial charge >= 0.3 is 5.97 Å². The van der Waals surface area contributed by atoms with Crippen molar-refractivity contribution in [3.05, 3.63) is 60.2 Å². The Kier molecular flexibility index (Phi) is 4.39. The van der Waals surface area contributed by atoms with Gasteiger partial charge in [-0.15, -0.1) is 0 Å². The molecule has 1 amide bonds. The number of aromatic nitrogens is 1. The number of benzene rings is 1. The average Bonchev–Trinajstić information content (AvgIpc) is 2.48. The van der Waals surface area contributed by atoms with Gasteiger partial charge in [0, 0.05) is 12.4 Å². The summed E-state index contributed by atoms with van der Waals surface area (Å²) in [5.74, 6) is -1.84. The van der Waals surface area contributed by atoms with E-state index in [0.29, 0.717) is 0 Å². The van der Waals surface area contributed by atoms with E-state index in [-0.39, 0.29) is 11.3 Å². The lowest BCUT2D eigenvalue weighted by molar-refractivity contribution is -0.119. The zero-order chi connectivity index (χ0) is 14.4. The topological polar surface area (TPSA) is 68.3 Å². The maximum absolute atomic E-state index is 13.3. The number of halogens is 1. The van der Waals surface area contributed by atoms with Crippen molar-refractivity contribution < 1.29 is 18.7 Å². The van der Waals surface area contributed by atoms with E-state index >= 15 is 0 Å². The van der Waals surface area contributed by atoms with E-state index in [4.69, 9.17) is 4.74 Å². The van der Waals surface area contributed by atoms with Crippen LogP contribution in [-0.4, -0.2) is 23.5 Å². The van der Waals surface area contributed by atoms with Crippen molar-refractivity contribution in [3.63, 3.8) is 0 Å². The highest BCUT2D eigenvalue weighted by Crippen LogP contribution is 2.12. The number of ether oxygens (including phenoxy) is 1. The van der Waals surface area contributed by atoms with Crippen LogP contribution in [0.3, 0.4) is 0 Å². The third-order valence-electron chi connectivity index (χ3n) is 2.38. The first-order chi connectivity index (χ1) is 9.66. The summed E-state index contributed by atoms with van der Waals surface area (Å²) >= 11 is 0. The van der Waals surface area contributed by atoms with E-state index < -0.39 is 24.3 Å². The van der Waals surface area contributed by atoms with Crippen LogP contribution in [0.4, 0.5) is 10.1 Å². The lowest BCUT2D eigenvalue weighted by atomic mass is 10.3. The van der Waals surface area contributed by atoms with Crippen molar-refractivity contribution in [2.45, 2.75) is 0 Å². The highest BCUT2D eigenvalue weighted by Gasteiger charge is 2.11. The standard InChI is InChI=1S/C14H11FN2O3/c15-11-5-1-2-6-12(11)17-13(18)9-20-14(19)10-4-3-7-16-8-10/h1-8H,9H2,(H,17,18). The van der Waals surface area contributed by atoms with E-state index in [0.717, 1.165) is 0 Å². The molecule has 6 heteroatoms. The second kappa shape index (κ2) is 6.42. The normalized spacial score (nSPS) is 9.85. The Bertz CT molecular complexity index is 617. The molecule has 5 nitrogen and oxygen atoms in total. The van der Waals surface area contributed by atoms with Crippen molar-refractivity contribution in [1.82, 2.24) is 4.98 Å². The van der Waals surface area contributed by atoms with E-state index in [9.17, 15) is 14.0 Å². The molecule has 0 saturated heterocycles. The number of carbonyl (C=O) groups excluding carboxylic acids is 2. The summed E-state index contributed by atoms with van der Waals surface area (Å²) in [5, 5.41) is 2.31. The Morgan fingerprint density at radius 3 is 2.70 bits per heavy atom. The Morgan fingerprint density at radius 2 is 2.00 bits per heavy atom. The quantitative estimate of drug-likeness (QED) is 0.866. The van der Waals surface area contributed by atoms with E-state index in [2.05, 4.69) is 10.3 Å². The zero-order valence-electron chi connectivity index (χ0n) is 10.4. The fourth-order valence-electron chi connectivity index (χ4n) is 1.45. The first-order valence-electron chi connectivity index (χ1n) is 5.78. The zero-order valence-corrected chi connectivity index (χ0v) is 10.4. The molecule has 102 valence electrons. The molecule has 1 N–H and O–H groups in total. The lowest BCUT2D eigenvalue weighted by Crippen LogP contribution is -2.21. The number of para-hydroxylation sites is 1. The van der Waals surface area contributed by atoms with Gasteiger partial charge in [-0.05, 0) is 24.3 Å². The third kappa shape index (κ3) is 3.61. The number of carbonyl (C=O) groups is 2. The number of pyridine rings is 1. The van der Waals surface area contributed by atoms with Crippen molar-refractivity contribution in [2.75, 3.05) is 11.9 Å². The second-order valence-electron chi connectivity index (χ2n) is 3.85. The van der Waals surface area contributed by atoms with Crippen molar-refractivity contribution in [3.8, 4) is 0 Å². The van der Waals surface area contributed by atoms with Gasteiger partial charge in [-0.1, -0.05) is 12.1 Å². The predicted octanol–water partition coefficient (Wildman–Crippen LogP) is 2.02.